The lowest BCUT2D eigenvalue weighted by atomic mass is 9.97. The molecule has 12 nitrogen and oxygen atoms in total. The van der Waals surface area contributed by atoms with Crippen molar-refractivity contribution in [3.8, 4) is 0 Å². The molecule has 13 heteroatoms. The van der Waals surface area contributed by atoms with E-state index < -0.39 is 48.6 Å². The Balaban J connectivity index is 1.84. The predicted molar refractivity (Wildman–Crippen MR) is 107 cm³/mol. The summed E-state index contributed by atoms with van der Waals surface area (Å²) in [5.41, 5.74) is 4.02. The number of aromatic amines is 1. The number of aliphatic hydroxyl groups excluding tert-OH is 2. The van der Waals surface area contributed by atoms with Crippen molar-refractivity contribution in [1.29, 1.82) is 0 Å². The van der Waals surface area contributed by atoms with Crippen LogP contribution in [0.15, 0.2) is 17.1 Å². The molecule has 0 radical (unpaired) electrons. The number of fused-ring (bicyclic) bond motifs is 1. The molecule has 1 saturated heterocycles. The van der Waals surface area contributed by atoms with Gasteiger partial charge in [-0.3, -0.25) is 14.3 Å². The zero-order chi connectivity index (χ0) is 22.6. The first-order valence-electron chi connectivity index (χ1n) is 9.27. The smallest absolute Gasteiger partial charge is 0.359 e. The van der Waals surface area contributed by atoms with E-state index >= 15 is 0 Å². The van der Waals surface area contributed by atoms with Crippen molar-refractivity contribution in [2.24, 2.45) is 0 Å². The fourth-order valence-corrected chi connectivity index (χ4v) is 4.33. The van der Waals surface area contributed by atoms with Crippen LogP contribution in [0.5, 0.6) is 0 Å². The lowest BCUT2D eigenvalue weighted by Crippen LogP contribution is -2.38. The van der Waals surface area contributed by atoms with E-state index in [0.717, 1.165) is 13.8 Å². The Hall–Kier alpha value is -1.79. The number of nitrogen functional groups attached to an aromatic ring is 1. The van der Waals surface area contributed by atoms with Crippen LogP contribution in [0.1, 0.15) is 40.3 Å². The van der Waals surface area contributed by atoms with E-state index in [2.05, 4.69) is 9.97 Å². The van der Waals surface area contributed by atoms with Crippen molar-refractivity contribution in [3.63, 3.8) is 0 Å². The molecule has 5 atom stereocenters. The second-order valence-corrected chi connectivity index (χ2v) is 10.8. The number of rotatable bonds is 6. The standard InChI is InChI=1S/C17H27N4O8P/c1-16(2,29-30(26,27)17(3,4)25)7-9-10(22)11(23)14(28-9)21-6-5-8-12(21)19-15(18)20-13(8)24/h5-6,9-11,14,22-23,25H,7H2,1-4H3,(H,26,27)(H3,18,19,20,24)/t9?,10-,11-,14-/m1/s1. The summed E-state index contributed by atoms with van der Waals surface area (Å²) in [6.07, 6.45) is -3.38. The highest BCUT2D eigenvalue weighted by Gasteiger charge is 2.49. The maximum absolute atomic E-state index is 12.3. The van der Waals surface area contributed by atoms with Gasteiger partial charge in [-0.05, 0) is 33.8 Å². The summed E-state index contributed by atoms with van der Waals surface area (Å²) in [6, 6.07) is 1.48. The van der Waals surface area contributed by atoms with Crippen molar-refractivity contribution in [2.45, 2.75) is 69.6 Å². The van der Waals surface area contributed by atoms with E-state index in [4.69, 9.17) is 15.0 Å². The maximum atomic E-state index is 12.3. The Morgan fingerprint density at radius 2 is 1.97 bits per heavy atom. The van der Waals surface area contributed by atoms with E-state index in [1.165, 1.54) is 30.7 Å². The summed E-state index contributed by atoms with van der Waals surface area (Å²) in [5.74, 6) is -0.114. The van der Waals surface area contributed by atoms with Crippen LogP contribution in [0.4, 0.5) is 5.95 Å². The third kappa shape index (κ3) is 4.17. The number of nitrogens with two attached hydrogens (primary N) is 1. The van der Waals surface area contributed by atoms with Gasteiger partial charge in [-0.1, -0.05) is 0 Å². The molecule has 2 unspecified atom stereocenters. The van der Waals surface area contributed by atoms with Gasteiger partial charge in [-0.15, -0.1) is 0 Å². The van der Waals surface area contributed by atoms with Gasteiger partial charge in [0.25, 0.3) is 5.56 Å². The Bertz CT molecular complexity index is 1040. The van der Waals surface area contributed by atoms with E-state index in [9.17, 15) is 29.6 Å². The summed E-state index contributed by atoms with van der Waals surface area (Å²) in [7, 11) is -4.41. The van der Waals surface area contributed by atoms with Crippen LogP contribution in [-0.2, 0) is 13.8 Å². The van der Waals surface area contributed by atoms with Crippen molar-refractivity contribution in [2.75, 3.05) is 5.73 Å². The number of hydrogen-bond donors (Lipinski definition) is 6. The third-order valence-corrected chi connectivity index (χ3v) is 7.09. The van der Waals surface area contributed by atoms with Crippen LogP contribution in [0, 0.1) is 0 Å². The van der Waals surface area contributed by atoms with Crippen LogP contribution < -0.4 is 11.3 Å². The fourth-order valence-electron chi connectivity index (χ4n) is 3.36. The first-order valence-corrected chi connectivity index (χ1v) is 10.8. The van der Waals surface area contributed by atoms with Gasteiger partial charge in [0.15, 0.2) is 17.2 Å². The highest BCUT2D eigenvalue weighted by Crippen LogP contribution is 2.57. The molecule has 3 rings (SSSR count). The number of aromatic nitrogens is 3. The summed E-state index contributed by atoms with van der Waals surface area (Å²) in [4.78, 5) is 28.5. The minimum absolute atomic E-state index is 0.0717. The van der Waals surface area contributed by atoms with Crippen LogP contribution >= 0.6 is 7.60 Å². The average molecular weight is 446 g/mol. The molecule has 1 aliphatic heterocycles. The number of nitrogens with one attached hydrogen (secondary N) is 1. The lowest BCUT2D eigenvalue weighted by Gasteiger charge is -2.34. The van der Waals surface area contributed by atoms with E-state index in [0.29, 0.717) is 0 Å². The highest BCUT2D eigenvalue weighted by molar-refractivity contribution is 7.54. The van der Waals surface area contributed by atoms with Gasteiger partial charge >= 0.3 is 7.60 Å². The number of hydrogen-bond acceptors (Lipinski definition) is 9. The highest BCUT2D eigenvalue weighted by atomic mass is 31.2. The summed E-state index contributed by atoms with van der Waals surface area (Å²) >= 11 is 0. The molecule has 1 aliphatic rings. The van der Waals surface area contributed by atoms with Gasteiger partial charge in [-0.2, -0.15) is 4.98 Å². The molecule has 0 spiro atoms. The predicted octanol–water partition coefficient (Wildman–Crippen LogP) is 0.0251. The minimum atomic E-state index is -4.41. The topological polar surface area (TPSA) is 193 Å². The zero-order valence-corrected chi connectivity index (χ0v) is 17.9. The van der Waals surface area contributed by atoms with Crippen molar-refractivity contribution < 1.29 is 34.0 Å². The molecule has 0 saturated carbocycles. The van der Waals surface area contributed by atoms with E-state index in [-0.39, 0.29) is 23.4 Å². The molecule has 168 valence electrons. The van der Waals surface area contributed by atoms with E-state index in [1.807, 2.05) is 0 Å². The number of ether oxygens (including phenoxy) is 1. The van der Waals surface area contributed by atoms with Gasteiger partial charge in [0, 0.05) is 12.6 Å². The Labute approximate surface area is 171 Å². The Morgan fingerprint density at radius 3 is 2.57 bits per heavy atom. The molecule has 2 aromatic heterocycles. The molecular weight excluding hydrogens is 419 g/mol. The summed E-state index contributed by atoms with van der Waals surface area (Å²) in [6.45, 7) is 5.32. The molecule has 2 aromatic rings. The summed E-state index contributed by atoms with van der Waals surface area (Å²) in [5, 5.41) is 29.1. The normalized spacial score (nSPS) is 27.5. The largest absolute Gasteiger partial charge is 0.388 e. The SMILES string of the molecule is CC(C)(CC1O[C@@H](n2ccc3c(=O)[nH]c(N)nc32)[C@H](O)[C@@H]1O)OP(=O)(O)C(C)(C)O. The van der Waals surface area contributed by atoms with Gasteiger partial charge in [0.05, 0.1) is 17.1 Å². The van der Waals surface area contributed by atoms with Crippen LogP contribution in [-0.4, -0.2) is 64.0 Å². The van der Waals surface area contributed by atoms with Crippen molar-refractivity contribution in [3.05, 3.63) is 22.6 Å². The van der Waals surface area contributed by atoms with Gasteiger partial charge in [0.1, 0.15) is 12.2 Å². The number of nitrogens with zero attached hydrogens (tertiary/aromatic N) is 2. The first kappa shape index (κ1) is 22.9. The quantitative estimate of drug-likeness (QED) is 0.330. The van der Waals surface area contributed by atoms with Crippen molar-refractivity contribution in [1.82, 2.24) is 14.5 Å². The monoisotopic (exact) mass is 446 g/mol. The molecule has 0 amide bonds. The number of aliphatic hydroxyl groups is 3. The number of H-pyrrole nitrogens is 1. The lowest BCUT2D eigenvalue weighted by molar-refractivity contribution is -0.0629. The van der Waals surface area contributed by atoms with Crippen LogP contribution in [0.25, 0.3) is 11.0 Å². The third-order valence-electron chi connectivity index (χ3n) is 4.97. The molecule has 0 aliphatic carbocycles. The van der Waals surface area contributed by atoms with E-state index in [1.54, 1.807) is 0 Å². The first-order chi connectivity index (χ1) is 13.6. The molecule has 30 heavy (non-hydrogen) atoms. The minimum Gasteiger partial charge on any atom is -0.388 e. The molecule has 0 aromatic carbocycles. The molecule has 7 N–H and O–H groups in total. The molecule has 3 heterocycles. The Morgan fingerprint density at radius 1 is 1.33 bits per heavy atom. The second-order valence-electron chi connectivity index (χ2n) is 8.53. The van der Waals surface area contributed by atoms with Gasteiger partial charge < -0.3 is 39.8 Å². The van der Waals surface area contributed by atoms with Crippen molar-refractivity contribution >= 4 is 24.6 Å². The maximum Gasteiger partial charge on any atom is 0.359 e. The zero-order valence-electron chi connectivity index (χ0n) is 17.0. The fraction of sp³-hybridized carbons (Fsp3) is 0.647. The van der Waals surface area contributed by atoms with Crippen LogP contribution in [0.3, 0.4) is 0 Å². The van der Waals surface area contributed by atoms with Gasteiger partial charge in [-0.25, -0.2) is 0 Å². The van der Waals surface area contributed by atoms with Crippen LogP contribution in [0.2, 0.25) is 0 Å². The molecule has 0 bridgehead atoms. The summed E-state index contributed by atoms with van der Waals surface area (Å²) < 4.78 is 24.8. The van der Waals surface area contributed by atoms with Gasteiger partial charge in [0.2, 0.25) is 5.95 Å². The Kier molecular flexibility index (Phi) is 5.66. The number of anilines is 1. The second kappa shape index (κ2) is 7.41. The molecular formula is C17H27N4O8P. The average Bonchev–Trinajstić information content (AvgIpc) is 3.09. The molecule has 1 fully saturated rings.